The van der Waals surface area contributed by atoms with Crippen molar-refractivity contribution >= 4 is 5.97 Å². The maximum absolute atomic E-state index is 12.0. The molecule has 2 fully saturated rings. The summed E-state index contributed by atoms with van der Waals surface area (Å²) in [5, 5.41) is 0. The van der Waals surface area contributed by atoms with E-state index in [0.717, 1.165) is 11.1 Å². The van der Waals surface area contributed by atoms with Gasteiger partial charge in [0, 0.05) is 5.56 Å². The van der Waals surface area contributed by atoms with E-state index in [1.807, 2.05) is 60.7 Å². The van der Waals surface area contributed by atoms with Gasteiger partial charge in [-0.1, -0.05) is 60.7 Å². The third-order valence-electron chi connectivity index (χ3n) is 4.18. The minimum absolute atomic E-state index is 0.284. The first-order chi connectivity index (χ1) is 11.8. The highest BCUT2D eigenvalue weighted by atomic mass is 16.8. The fourth-order valence-corrected chi connectivity index (χ4v) is 2.98. The Morgan fingerprint density at radius 1 is 0.917 bits per heavy atom. The Morgan fingerprint density at radius 2 is 1.62 bits per heavy atom. The molecule has 0 aromatic heterocycles. The van der Waals surface area contributed by atoms with E-state index in [-0.39, 0.29) is 12.6 Å². The lowest BCUT2D eigenvalue weighted by atomic mass is 10.1. The molecule has 0 saturated carbocycles. The highest BCUT2D eigenvalue weighted by molar-refractivity contribution is 5.78. The lowest BCUT2D eigenvalue weighted by Gasteiger charge is -2.17. The molecule has 2 aliphatic rings. The molecule has 124 valence electrons. The summed E-state index contributed by atoms with van der Waals surface area (Å²) in [7, 11) is 0. The summed E-state index contributed by atoms with van der Waals surface area (Å²) in [6, 6.07) is 19.4. The van der Waals surface area contributed by atoms with Gasteiger partial charge in [-0.15, -0.1) is 0 Å². The van der Waals surface area contributed by atoms with Crippen LogP contribution in [0, 0.1) is 0 Å². The molecule has 5 heteroatoms. The van der Waals surface area contributed by atoms with Crippen LogP contribution < -0.4 is 0 Å². The average Bonchev–Trinajstić information content (AvgIpc) is 3.18. The number of hydrogen-bond donors (Lipinski definition) is 0. The summed E-state index contributed by atoms with van der Waals surface area (Å²) in [5.41, 5.74) is 1.97. The lowest BCUT2D eigenvalue weighted by molar-refractivity contribution is -0.166. The summed E-state index contributed by atoms with van der Waals surface area (Å²) >= 11 is 0. The second-order valence-electron chi connectivity index (χ2n) is 5.88. The van der Waals surface area contributed by atoms with Gasteiger partial charge in [-0.05, 0) is 5.56 Å². The van der Waals surface area contributed by atoms with Crippen LogP contribution in [-0.2, 0) is 30.3 Å². The van der Waals surface area contributed by atoms with Crippen LogP contribution in [0.4, 0.5) is 0 Å². The Morgan fingerprint density at radius 3 is 2.38 bits per heavy atom. The van der Waals surface area contributed by atoms with E-state index in [1.165, 1.54) is 0 Å². The number of cyclic esters (lactones) is 1. The summed E-state index contributed by atoms with van der Waals surface area (Å²) in [4.78, 5) is 12.0. The molecule has 0 amide bonds. The molecule has 24 heavy (non-hydrogen) atoms. The highest BCUT2D eigenvalue weighted by Crippen LogP contribution is 2.37. The molecule has 4 rings (SSSR count). The van der Waals surface area contributed by atoms with Crippen LogP contribution >= 0.6 is 0 Å². The molecule has 2 aliphatic heterocycles. The Bertz CT molecular complexity index is 687. The van der Waals surface area contributed by atoms with Crippen LogP contribution in [-0.4, -0.2) is 30.9 Å². The van der Waals surface area contributed by atoms with Crippen LogP contribution in [0.5, 0.6) is 0 Å². The number of hydrogen-bond acceptors (Lipinski definition) is 5. The number of esters is 1. The first-order valence-electron chi connectivity index (χ1n) is 7.99. The van der Waals surface area contributed by atoms with Crippen LogP contribution in [0.3, 0.4) is 0 Å². The van der Waals surface area contributed by atoms with Crippen molar-refractivity contribution < 1.29 is 23.7 Å². The van der Waals surface area contributed by atoms with Gasteiger partial charge in [-0.2, -0.15) is 0 Å². The van der Waals surface area contributed by atoms with Crippen molar-refractivity contribution in [3.63, 3.8) is 0 Å². The highest BCUT2D eigenvalue weighted by Gasteiger charge is 2.53. The van der Waals surface area contributed by atoms with E-state index in [2.05, 4.69) is 0 Å². The fraction of sp³-hybridized carbons (Fsp3) is 0.316. The monoisotopic (exact) mass is 326 g/mol. The minimum Gasteiger partial charge on any atom is -0.455 e. The zero-order chi connectivity index (χ0) is 16.4. The van der Waals surface area contributed by atoms with Crippen LogP contribution in [0.25, 0.3) is 0 Å². The first kappa shape index (κ1) is 15.3. The molecule has 0 bridgehead atoms. The summed E-state index contributed by atoms with van der Waals surface area (Å²) < 4.78 is 22.7. The molecule has 0 aliphatic carbocycles. The maximum atomic E-state index is 12.0. The molecule has 0 spiro atoms. The van der Waals surface area contributed by atoms with E-state index < -0.39 is 24.6 Å². The summed E-state index contributed by atoms with van der Waals surface area (Å²) in [6.07, 6.45) is -2.09. The van der Waals surface area contributed by atoms with Gasteiger partial charge in [-0.3, -0.25) is 0 Å². The van der Waals surface area contributed by atoms with Crippen molar-refractivity contribution in [1.29, 1.82) is 0 Å². The molecular formula is C19H18O5. The van der Waals surface area contributed by atoms with Gasteiger partial charge in [0.1, 0.15) is 6.10 Å². The average molecular weight is 326 g/mol. The Hall–Kier alpha value is -2.21. The van der Waals surface area contributed by atoms with Crippen LogP contribution in [0.2, 0.25) is 0 Å². The van der Waals surface area contributed by atoms with E-state index in [4.69, 9.17) is 18.9 Å². The van der Waals surface area contributed by atoms with E-state index in [1.54, 1.807) is 0 Å². The Balaban J connectivity index is 1.36. The zero-order valence-electron chi connectivity index (χ0n) is 13.0. The van der Waals surface area contributed by atoms with Gasteiger partial charge in [0.05, 0.1) is 13.2 Å². The third-order valence-corrected chi connectivity index (χ3v) is 4.18. The van der Waals surface area contributed by atoms with E-state index >= 15 is 0 Å². The van der Waals surface area contributed by atoms with Gasteiger partial charge in [0.15, 0.2) is 18.5 Å². The number of carbonyl (C=O) groups excluding carboxylic acids is 1. The van der Waals surface area contributed by atoms with Crippen molar-refractivity contribution in [3.8, 4) is 0 Å². The van der Waals surface area contributed by atoms with Crippen molar-refractivity contribution in [2.24, 2.45) is 0 Å². The van der Waals surface area contributed by atoms with Crippen LogP contribution in [0.15, 0.2) is 60.7 Å². The molecule has 4 atom stereocenters. The van der Waals surface area contributed by atoms with Crippen molar-refractivity contribution in [2.45, 2.75) is 31.2 Å². The van der Waals surface area contributed by atoms with Gasteiger partial charge < -0.3 is 18.9 Å². The molecule has 0 unspecified atom stereocenters. The second kappa shape index (κ2) is 6.73. The lowest BCUT2D eigenvalue weighted by Crippen LogP contribution is -2.31. The standard InChI is InChI=1S/C19H18O5/c20-18-17-16(23-19(24-17)14-9-5-2-6-10-14)15(22-18)12-21-11-13-7-3-1-4-8-13/h1-10,15-17,19H,11-12H2/t15-,16-,17-,19+/m1/s1. The van der Waals surface area contributed by atoms with Gasteiger partial charge in [0.2, 0.25) is 0 Å². The zero-order valence-corrected chi connectivity index (χ0v) is 13.0. The molecule has 0 N–H and O–H groups in total. The van der Waals surface area contributed by atoms with Crippen molar-refractivity contribution in [1.82, 2.24) is 0 Å². The predicted octanol–water partition coefficient (Wildman–Crippen LogP) is 2.61. The number of benzene rings is 2. The maximum Gasteiger partial charge on any atom is 0.338 e. The molecule has 2 aromatic rings. The number of carbonyl (C=O) groups is 1. The van der Waals surface area contributed by atoms with Gasteiger partial charge >= 0.3 is 5.97 Å². The predicted molar refractivity (Wildman–Crippen MR) is 84.9 cm³/mol. The van der Waals surface area contributed by atoms with E-state index in [9.17, 15) is 4.79 Å². The molecule has 2 aromatic carbocycles. The van der Waals surface area contributed by atoms with Crippen LogP contribution in [0.1, 0.15) is 17.4 Å². The number of rotatable bonds is 5. The summed E-state index contributed by atoms with van der Waals surface area (Å²) in [5.74, 6) is -0.383. The Kier molecular flexibility index (Phi) is 4.30. The molecular weight excluding hydrogens is 308 g/mol. The smallest absolute Gasteiger partial charge is 0.338 e. The SMILES string of the molecule is O=C1O[C@H](COCc2ccccc2)[C@H]2O[C@H](c3ccccc3)O[C@@H]12. The quantitative estimate of drug-likeness (QED) is 0.791. The normalized spacial score (nSPS) is 28.6. The Labute approximate surface area is 140 Å². The second-order valence-corrected chi connectivity index (χ2v) is 5.88. The molecule has 0 radical (unpaired) electrons. The topological polar surface area (TPSA) is 54.0 Å². The minimum atomic E-state index is -0.680. The van der Waals surface area contributed by atoms with E-state index in [0.29, 0.717) is 6.61 Å². The molecule has 5 nitrogen and oxygen atoms in total. The first-order valence-corrected chi connectivity index (χ1v) is 7.99. The summed E-state index contributed by atoms with van der Waals surface area (Å²) in [6.45, 7) is 0.752. The number of fused-ring (bicyclic) bond motifs is 1. The molecule has 2 saturated heterocycles. The number of ether oxygens (including phenoxy) is 4. The van der Waals surface area contributed by atoms with Crippen molar-refractivity contribution in [2.75, 3.05) is 6.61 Å². The third kappa shape index (κ3) is 3.06. The van der Waals surface area contributed by atoms with Gasteiger partial charge in [-0.25, -0.2) is 4.79 Å². The molecule has 2 heterocycles. The van der Waals surface area contributed by atoms with Gasteiger partial charge in [0.25, 0.3) is 0 Å². The fourth-order valence-electron chi connectivity index (χ4n) is 2.98. The van der Waals surface area contributed by atoms with Crippen molar-refractivity contribution in [3.05, 3.63) is 71.8 Å². The largest absolute Gasteiger partial charge is 0.455 e.